The van der Waals surface area contributed by atoms with E-state index in [4.69, 9.17) is 10.8 Å². The molecule has 0 unspecified atom stereocenters. The lowest BCUT2D eigenvalue weighted by molar-refractivity contribution is 0.102. The van der Waals surface area contributed by atoms with E-state index in [-0.39, 0.29) is 11.3 Å². The van der Waals surface area contributed by atoms with Gasteiger partial charge >= 0.3 is 0 Å². The van der Waals surface area contributed by atoms with Crippen LogP contribution in [0.1, 0.15) is 60.8 Å². The van der Waals surface area contributed by atoms with Crippen LogP contribution in [-0.2, 0) is 5.41 Å². The maximum atomic E-state index is 12.9. The van der Waals surface area contributed by atoms with Gasteiger partial charge in [0.15, 0.2) is 0 Å². The molecule has 29 heavy (non-hydrogen) atoms. The highest BCUT2D eigenvalue weighted by Crippen LogP contribution is 2.31. The van der Waals surface area contributed by atoms with Crippen molar-refractivity contribution in [1.82, 2.24) is 9.78 Å². The number of benzene rings is 2. The number of nitrogens with two attached hydrogens (primary N) is 1. The summed E-state index contributed by atoms with van der Waals surface area (Å²) in [6.45, 7) is 10.5. The van der Waals surface area contributed by atoms with Crippen LogP contribution >= 0.6 is 0 Å². The number of nitrogens with zero attached hydrogens (tertiary/aromatic N) is 2. The van der Waals surface area contributed by atoms with Gasteiger partial charge in [-0.2, -0.15) is 5.10 Å². The first kappa shape index (κ1) is 20.6. The van der Waals surface area contributed by atoms with Crippen LogP contribution in [0.25, 0.3) is 5.69 Å². The largest absolute Gasteiger partial charge is 0.398 e. The Morgan fingerprint density at radius 2 is 1.79 bits per heavy atom. The number of carbonyl (C=O) groups excluding carboxylic acids is 1. The van der Waals surface area contributed by atoms with Crippen LogP contribution < -0.4 is 11.1 Å². The molecule has 3 rings (SSSR count). The van der Waals surface area contributed by atoms with Crippen LogP contribution in [-0.4, -0.2) is 15.7 Å². The minimum Gasteiger partial charge on any atom is -0.398 e. The Morgan fingerprint density at radius 3 is 2.41 bits per heavy atom. The van der Waals surface area contributed by atoms with Crippen molar-refractivity contribution in [2.45, 2.75) is 52.9 Å². The summed E-state index contributed by atoms with van der Waals surface area (Å²) >= 11 is 0. The number of nitrogen functional groups attached to an aromatic ring is 1. The fourth-order valence-electron chi connectivity index (χ4n) is 3.41. The van der Waals surface area contributed by atoms with Gasteiger partial charge in [-0.3, -0.25) is 4.79 Å². The molecule has 0 aliphatic heterocycles. The van der Waals surface area contributed by atoms with Crippen molar-refractivity contribution >= 4 is 17.4 Å². The Morgan fingerprint density at radius 1 is 1.10 bits per heavy atom. The zero-order chi connectivity index (χ0) is 21.2. The summed E-state index contributed by atoms with van der Waals surface area (Å²) in [5.74, 6) is 0.446. The summed E-state index contributed by atoms with van der Waals surface area (Å²) in [5, 5.41) is 7.88. The number of hydrogen-bond donors (Lipinski definition) is 2. The predicted molar refractivity (Wildman–Crippen MR) is 120 cm³/mol. The SMILES string of the molecule is CCCC(C)(C)c1cc(NC(=O)c2ccc(C)c(N)c2)n(-c2ccc(C)cc2)n1. The second-order valence-corrected chi connectivity index (χ2v) is 8.32. The molecule has 0 bridgehead atoms. The minimum atomic E-state index is -0.204. The molecular weight excluding hydrogens is 360 g/mol. The van der Waals surface area contributed by atoms with Crippen molar-refractivity contribution < 1.29 is 4.79 Å². The molecule has 0 fully saturated rings. The van der Waals surface area contributed by atoms with E-state index >= 15 is 0 Å². The Bertz CT molecular complexity index is 1020. The molecule has 0 radical (unpaired) electrons. The summed E-state index contributed by atoms with van der Waals surface area (Å²) in [4.78, 5) is 12.9. The monoisotopic (exact) mass is 390 g/mol. The molecule has 1 amide bonds. The third kappa shape index (κ3) is 4.50. The number of hydrogen-bond acceptors (Lipinski definition) is 3. The molecule has 3 aromatic rings. The standard InChI is InChI=1S/C24H30N4O/c1-6-13-24(4,5)21-15-22(28(27-21)19-11-7-16(2)8-12-19)26-23(29)18-10-9-17(3)20(25)14-18/h7-12,14-15H,6,13,25H2,1-5H3,(H,26,29). The molecule has 0 saturated heterocycles. The maximum absolute atomic E-state index is 12.9. The summed E-state index contributed by atoms with van der Waals surface area (Å²) in [5.41, 5.74) is 11.0. The third-order valence-corrected chi connectivity index (χ3v) is 5.34. The number of rotatable bonds is 6. The van der Waals surface area contributed by atoms with Crippen molar-refractivity contribution in [2.75, 3.05) is 11.1 Å². The molecule has 0 atom stereocenters. The van der Waals surface area contributed by atoms with Gasteiger partial charge in [0.1, 0.15) is 5.82 Å². The molecule has 152 valence electrons. The first-order chi connectivity index (χ1) is 13.7. The van der Waals surface area contributed by atoms with E-state index in [1.165, 1.54) is 5.56 Å². The lowest BCUT2D eigenvalue weighted by Crippen LogP contribution is -2.17. The van der Waals surface area contributed by atoms with E-state index in [1.54, 1.807) is 12.1 Å². The van der Waals surface area contributed by atoms with Crippen LogP contribution in [0.4, 0.5) is 11.5 Å². The molecule has 5 nitrogen and oxygen atoms in total. The third-order valence-electron chi connectivity index (χ3n) is 5.34. The van der Waals surface area contributed by atoms with Gasteiger partial charge < -0.3 is 11.1 Å². The minimum absolute atomic E-state index is 0.0849. The maximum Gasteiger partial charge on any atom is 0.256 e. The number of carbonyl (C=O) groups is 1. The highest BCUT2D eigenvalue weighted by atomic mass is 16.1. The van der Waals surface area contributed by atoms with Gasteiger partial charge in [-0.05, 0) is 50.1 Å². The van der Waals surface area contributed by atoms with Crippen LogP contribution in [0.3, 0.4) is 0 Å². The normalized spacial score (nSPS) is 11.5. The summed E-state index contributed by atoms with van der Waals surface area (Å²) in [7, 11) is 0. The van der Waals surface area contributed by atoms with Gasteiger partial charge in [-0.1, -0.05) is 51.0 Å². The van der Waals surface area contributed by atoms with Gasteiger partial charge in [-0.25, -0.2) is 4.68 Å². The molecular formula is C24H30N4O. The Labute approximate surface area is 172 Å². The molecule has 5 heteroatoms. The van der Waals surface area contributed by atoms with Crippen molar-refractivity contribution in [3.8, 4) is 5.69 Å². The number of amides is 1. The second kappa shape index (κ2) is 8.11. The number of aromatic nitrogens is 2. The van der Waals surface area contributed by atoms with Gasteiger partial charge in [0.2, 0.25) is 0 Å². The van der Waals surface area contributed by atoms with Gasteiger partial charge in [0.05, 0.1) is 11.4 Å². The van der Waals surface area contributed by atoms with Gasteiger partial charge in [-0.15, -0.1) is 0 Å². The number of aryl methyl sites for hydroxylation is 2. The summed E-state index contributed by atoms with van der Waals surface area (Å²) in [6.07, 6.45) is 2.08. The first-order valence-electron chi connectivity index (χ1n) is 10.1. The van der Waals surface area contributed by atoms with Crippen molar-refractivity contribution in [3.05, 3.63) is 70.9 Å². The highest BCUT2D eigenvalue weighted by Gasteiger charge is 2.25. The molecule has 0 aliphatic rings. The lowest BCUT2D eigenvalue weighted by Gasteiger charge is -2.21. The van der Waals surface area contributed by atoms with E-state index in [0.717, 1.165) is 29.8 Å². The first-order valence-corrected chi connectivity index (χ1v) is 10.1. The van der Waals surface area contributed by atoms with Crippen LogP contribution in [0.2, 0.25) is 0 Å². The fraction of sp³-hybridized carbons (Fsp3) is 0.333. The van der Waals surface area contributed by atoms with E-state index < -0.39 is 0 Å². The van der Waals surface area contributed by atoms with Gasteiger partial charge in [0, 0.05) is 22.7 Å². The Hall–Kier alpha value is -3.08. The second-order valence-electron chi connectivity index (χ2n) is 8.32. The predicted octanol–water partition coefficient (Wildman–Crippen LogP) is 5.40. The Balaban J connectivity index is 2.01. The average molecular weight is 391 g/mol. The zero-order valence-electron chi connectivity index (χ0n) is 17.9. The molecule has 2 aromatic carbocycles. The van der Waals surface area contributed by atoms with Crippen molar-refractivity contribution in [1.29, 1.82) is 0 Å². The van der Waals surface area contributed by atoms with Crippen LogP contribution in [0.5, 0.6) is 0 Å². The van der Waals surface area contributed by atoms with Crippen LogP contribution in [0.15, 0.2) is 48.5 Å². The molecule has 3 N–H and O–H groups in total. The summed E-state index contributed by atoms with van der Waals surface area (Å²) in [6, 6.07) is 15.4. The Kier molecular flexibility index (Phi) is 5.78. The average Bonchev–Trinajstić information content (AvgIpc) is 3.09. The van der Waals surface area contributed by atoms with Gasteiger partial charge in [0.25, 0.3) is 5.91 Å². The number of nitrogens with one attached hydrogen (secondary N) is 1. The van der Waals surface area contributed by atoms with E-state index in [1.807, 2.05) is 54.9 Å². The van der Waals surface area contributed by atoms with Crippen molar-refractivity contribution in [3.63, 3.8) is 0 Å². The zero-order valence-corrected chi connectivity index (χ0v) is 17.9. The highest BCUT2D eigenvalue weighted by molar-refractivity contribution is 6.04. The fourth-order valence-corrected chi connectivity index (χ4v) is 3.41. The summed E-state index contributed by atoms with van der Waals surface area (Å²) < 4.78 is 1.81. The molecule has 1 heterocycles. The molecule has 0 aliphatic carbocycles. The van der Waals surface area contributed by atoms with E-state index in [9.17, 15) is 4.79 Å². The smallest absolute Gasteiger partial charge is 0.256 e. The molecule has 0 saturated carbocycles. The topological polar surface area (TPSA) is 72.9 Å². The quantitative estimate of drug-likeness (QED) is 0.553. The molecule has 0 spiro atoms. The van der Waals surface area contributed by atoms with E-state index in [0.29, 0.717) is 17.1 Å². The molecule has 1 aromatic heterocycles. The number of anilines is 2. The van der Waals surface area contributed by atoms with Crippen molar-refractivity contribution in [2.24, 2.45) is 0 Å². The van der Waals surface area contributed by atoms with E-state index in [2.05, 4.69) is 26.1 Å². The lowest BCUT2D eigenvalue weighted by atomic mass is 9.85. The van der Waals surface area contributed by atoms with Crippen LogP contribution in [0, 0.1) is 13.8 Å².